The highest BCUT2D eigenvalue weighted by Crippen LogP contribution is 2.31. The Balaban J connectivity index is 1.37. The fraction of sp³-hybridized carbons (Fsp3) is 0.192. The molecule has 0 radical (unpaired) electrons. The van der Waals surface area contributed by atoms with Gasteiger partial charge in [0, 0.05) is 34.0 Å². The van der Waals surface area contributed by atoms with E-state index in [1.54, 1.807) is 11.8 Å². The number of hydrogen-bond acceptors (Lipinski definition) is 4. The summed E-state index contributed by atoms with van der Waals surface area (Å²) in [5.41, 5.74) is 5.42. The molecule has 7 heteroatoms. The van der Waals surface area contributed by atoms with Gasteiger partial charge in [0.25, 0.3) is 0 Å². The molecule has 4 rings (SSSR count). The van der Waals surface area contributed by atoms with Crippen molar-refractivity contribution in [3.05, 3.63) is 88.2 Å². The number of anilines is 1. The lowest BCUT2D eigenvalue weighted by Gasteiger charge is -2.10. The molecule has 0 fully saturated rings. The zero-order valence-electron chi connectivity index (χ0n) is 18.9. The number of nitrogens with one attached hydrogen (secondary N) is 2. The average Bonchev–Trinajstić information content (AvgIpc) is 3.17. The Labute approximate surface area is 203 Å². The number of carbonyl (C=O) groups is 1. The summed E-state index contributed by atoms with van der Waals surface area (Å²) in [6, 6.07) is 22.5. The smallest absolute Gasteiger partial charge is 0.226 e. The van der Waals surface area contributed by atoms with Crippen LogP contribution in [-0.2, 0) is 11.3 Å². The van der Waals surface area contributed by atoms with Gasteiger partial charge in [-0.1, -0.05) is 53.7 Å². The van der Waals surface area contributed by atoms with Gasteiger partial charge in [0.1, 0.15) is 0 Å². The maximum Gasteiger partial charge on any atom is 0.226 e. The summed E-state index contributed by atoms with van der Waals surface area (Å²) in [5.74, 6) is 0.670. The number of hydrogen-bond donors (Lipinski definition) is 2. The van der Waals surface area contributed by atoms with Crippen LogP contribution in [0.3, 0.4) is 0 Å². The lowest BCUT2D eigenvalue weighted by Crippen LogP contribution is -2.15. The lowest BCUT2D eigenvalue weighted by molar-refractivity contribution is -0.116. The van der Waals surface area contributed by atoms with Gasteiger partial charge in [0.2, 0.25) is 5.91 Å². The SMILES string of the molecule is Cc1ccc(-c2n[nH]c(=S)n2CCC(=O)Nc2ccc(Sc3cc(C)ccc3C)cc2)cc1. The summed E-state index contributed by atoms with van der Waals surface area (Å²) in [6.45, 7) is 6.71. The Bertz CT molecular complexity index is 1320. The number of H-pyrrole nitrogens is 1. The van der Waals surface area contributed by atoms with Crippen LogP contribution >= 0.6 is 24.0 Å². The van der Waals surface area contributed by atoms with E-state index in [9.17, 15) is 4.79 Å². The second-order valence-corrected chi connectivity index (χ2v) is 9.57. The first-order valence-corrected chi connectivity index (χ1v) is 12.0. The minimum atomic E-state index is -0.0668. The Morgan fingerprint density at radius 1 is 1.00 bits per heavy atom. The quantitative estimate of drug-likeness (QED) is 0.292. The molecule has 1 amide bonds. The van der Waals surface area contributed by atoms with Gasteiger partial charge in [-0.3, -0.25) is 14.5 Å². The number of carbonyl (C=O) groups excluding carboxylic acids is 1. The van der Waals surface area contributed by atoms with Crippen LogP contribution < -0.4 is 5.32 Å². The van der Waals surface area contributed by atoms with Gasteiger partial charge < -0.3 is 5.32 Å². The third kappa shape index (κ3) is 5.80. The topological polar surface area (TPSA) is 62.7 Å². The molecule has 3 aromatic carbocycles. The van der Waals surface area contributed by atoms with Crippen molar-refractivity contribution in [2.45, 2.75) is 43.5 Å². The van der Waals surface area contributed by atoms with Crippen molar-refractivity contribution in [2.24, 2.45) is 0 Å². The monoisotopic (exact) mass is 474 g/mol. The standard InChI is InChI=1S/C26H26N4OS2/c1-17-5-8-20(9-6-17)25-28-29-26(32)30(25)15-14-24(31)27-21-10-12-22(13-11-21)33-23-16-18(2)4-7-19(23)3/h4-13,16H,14-15H2,1-3H3,(H,27,31)(H,29,32). The summed E-state index contributed by atoms with van der Waals surface area (Å²) in [4.78, 5) is 15.0. The molecule has 0 saturated heterocycles. The second-order valence-electron chi connectivity index (χ2n) is 8.06. The van der Waals surface area contributed by atoms with Crippen LogP contribution in [-0.4, -0.2) is 20.7 Å². The third-order valence-corrected chi connectivity index (χ3v) is 6.82. The molecule has 0 aliphatic rings. The highest BCUT2D eigenvalue weighted by atomic mass is 32.2. The zero-order chi connectivity index (χ0) is 23.4. The number of rotatable bonds is 7. The largest absolute Gasteiger partial charge is 0.326 e. The van der Waals surface area contributed by atoms with E-state index in [1.807, 2.05) is 60.0 Å². The van der Waals surface area contributed by atoms with E-state index in [2.05, 4.69) is 47.6 Å². The van der Waals surface area contributed by atoms with Gasteiger partial charge in [-0.15, -0.1) is 0 Å². The Morgan fingerprint density at radius 3 is 2.42 bits per heavy atom. The summed E-state index contributed by atoms with van der Waals surface area (Å²) in [7, 11) is 0. The molecule has 0 saturated carbocycles. The van der Waals surface area contributed by atoms with Gasteiger partial charge in [-0.2, -0.15) is 5.10 Å². The van der Waals surface area contributed by atoms with E-state index in [1.165, 1.54) is 21.6 Å². The molecule has 0 bridgehead atoms. The summed E-state index contributed by atoms with van der Waals surface area (Å²) in [5, 5.41) is 10.2. The Morgan fingerprint density at radius 2 is 1.70 bits per heavy atom. The van der Waals surface area contributed by atoms with Crippen LogP contribution in [0.1, 0.15) is 23.1 Å². The van der Waals surface area contributed by atoms with Crippen molar-refractivity contribution in [1.82, 2.24) is 14.8 Å². The molecule has 0 atom stereocenters. The molecule has 0 aliphatic heterocycles. The number of aryl methyl sites for hydroxylation is 3. The molecule has 168 valence electrons. The molecule has 1 heterocycles. The minimum absolute atomic E-state index is 0.0668. The molecule has 5 nitrogen and oxygen atoms in total. The van der Waals surface area contributed by atoms with E-state index in [-0.39, 0.29) is 5.91 Å². The molecule has 2 N–H and O–H groups in total. The van der Waals surface area contributed by atoms with E-state index in [0.29, 0.717) is 17.7 Å². The van der Waals surface area contributed by atoms with Crippen LogP contribution in [0.25, 0.3) is 11.4 Å². The molecular weight excluding hydrogens is 448 g/mol. The van der Waals surface area contributed by atoms with Crippen molar-refractivity contribution in [3.63, 3.8) is 0 Å². The maximum atomic E-state index is 12.6. The molecular formula is C26H26N4OS2. The highest BCUT2D eigenvalue weighted by Gasteiger charge is 2.11. The van der Waals surface area contributed by atoms with Gasteiger partial charge in [0.05, 0.1) is 0 Å². The molecule has 0 unspecified atom stereocenters. The zero-order valence-corrected chi connectivity index (χ0v) is 20.5. The van der Waals surface area contributed by atoms with Crippen LogP contribution in [0.2, 0.25) is 0 Å². The third-order valence-electron chi connectivity index (χ3n) is 5.34. The van der Waals surface area contributed by atoms with Crippen molar-refractivity contribution >= 4 is 35.6 Å². The first-order valence-electron chi connectivity index (χ1n) is 10.8. The summed E-state index contributed by atoms with van der Waals surface area (Å²) in [6.07, 6.45) is 0.297. The van der Waals surface area contributed by atoms with Crippen molar-refractivity contribution in [2.75, 3.05) is 5.32 Å². The maximum absolute atomic E-state index is 12.6. The summed E-state index contributed by atoms with van der Waals surface area (Å²) < 4.78 is 2.37. The predicted molar refractivity (Wildman–Crippen MR) is 137 cm³/mol. The van der Waals surface area contributed by atoms with Crippen LogP contribution in [0, 0.1) is 25.5 Å². The van der Waals surface area contributed by atoms with E-state index in [0.717, 1.165) is 22.0 Å². The second kappa shape index (κ2) is 10.2. The van der Waals surface area contributed by atoms with Crippen LogP contribution in [0.15, 0.2) is 76.5 Å². The number of benzene rings is 3. The fourth-order valence-corrected chi connectivity index (χ4v) is 4.66. The van der Waals surface area contributed by atoms with Crippen molar-refractivity contribution < 1.29 is 4.79 Å². The highest BCUT2D eigenvalue weighted by molar-refractivity contribution is 7.99. The molecule has 4 aromatic rings. The fourth-order valence-electron chi connectivity index (χ4n) is 3.44. The van der Waals surface area contributed by atoms with Crippen LogP contribution in [0.5, 0.6) is 0 Å². The molecule has 0 aliphatic carbocycles. The predicted octanol–water partition coefficient (Wildman–Crippen LogP) is 6.71. The van der Waals surface area contributed by atoms with E-state index >= 15 is 0 Å². The number of amides is 1. The number of nitrogens with zero attached hydrogens (tertiary/aromatic N) is 2. The van der Waals surface area contributed by atoms with Gasteiger partial charge in [0.15, 0.2) is 10.6 Å². The van der Waals surface area contributed by atoms with Crippen LogP contribution in [0.4, 0.5) is 5.69 Å². The normalized spacial score (nSPS) is 10.9. The Hall–Kier alpha value is -3.16. The van der Waals surface area contributed by atoms with Crippen molar-refractivity contribution in [3.8, 4) is 11.4 Å². The Kier molecular flexibility index (Phi) is 7.11. The van der Waals surface area contributed by atoms with Gasteiger partial charge in [-0.05, 0) is 74.4 Å². The molecule has 0 spiro atoms. The van der Waals surface area contributed by atoms with E-state index < -0.39 is 0 Å². The number of aromatic nitrogens is 3. The molecule has 33 heavy (non-hydrogen) atoms. The lowest BCUT2D eigenvalue weighted by atomic mass is 10.1. The van der Waals surface area contributed by atoms with Crippen molar-refractivity contribution in [1.29, 1.82) is 0 Å². The number of aromatic amines is 1. The van der Waals surface area contributed by atoms with Gasteiger partial charge in [-0.25, -0.2) is 0 Å². The average molecular weight is 475 g/mol. The minimum Gasteiger partial charge on any atom is -0.326 e. The molecule has 1 aromatic heterocycles. The first-order chi connectivity index (χ1) is 15.9. The van der Waals surface area contributed by atoms with Gasteiger partial charge >= 0.3 is 0 Å². The summed E-state index contributed by atoms with van der Waals surface area (Å²) >= 11 is 7.10. The van der Waals surface area contributed by atoms with E-state index in [4.69, 9.17) is 12.2 Å². The first kappa shape index (κ1) is 23.0.